The van der Waals surface area contributed by atoms with Gasteiger partial charge in [-0.15, -0.1) is 13.0 Å². The number of terminal acetylenes is 1. The summed E-state index contributed by atoms with van der Waals surface area (Å²) in [7, 11) is 1.35. The van der Waals surface area contributed by atoms with Crippen LogP contribution >= 0.6 is 0 Å². The fraction of sp³-hybridized carbons (Fsp3) is 0.400. The first kappa shape index (κ1) is 26.5. The van der Waals surface area contributed by atoms with Crippen LogP contribution in [0.4, 0.5) is 0 Å². The predicted molar refractivity (Wildman–Crippen MR) is 143 cm³/mol. The average Bonchev–Trinajstić information content (AvgIpc) is 3.40. The molecule has 2 heterocycles. The molecule has 7 nitrogen and oxygen atoms in total. The van der Waals surface area contributed by atoms with Crippen molar-refractivity contribution in [3.63, 3.8) is 0 Å². The maximum atomic E-state index is 13.5. The van der Waals surface area contributed by atoms with Gasteiger partial charge >= 0.3 is 5.97 Å². The van der Waals surface area contributed by atoms with Crippen LogP contribution in [0.1, 0.15) is 47.3 Å². The lowest BCUT2D eigenvalue weighted by Crippen LogP contribution is -2.57. The molecule has 2 aliphatic heterocycles. The topological polar surface area (TPSA) is 73.3 Å². The maximum Gasteiger partial charge on any atom is 0.328 e. The van der Waals surface area contributed by atoms with E-state index in [-0.39, 0.29) is 35.8 Å². The van der Waals surface area contributed by atoms with E-state index < -0.39 is 6.04 Å². The van der Waals surface area contributed by atoms with Crippen LogP contribution in [0.2, 0.25) is 0 Å². The van der Waals surface area contributed by atoms with Gasteiger partial charge in [0.05, 0.1) is 19.2 Å². The van der Waals surface area contributed by atoms with Gasteiger partial charge in [-0.3, -0.25) is 14.6 Å². The van der Waals surface area contributed by atoms with E-state index in [1.54, 1.807) is 23.1 Å². The number of phenolic OH excluding ortho intramolecular Hbond substituents is 1. The highest BCUT2D eigenvalue weighted by atomic mass is 16.5. The number of likely N-dealkylation sites (tertiary alicyclic amines) is 1. The Balaban J connectivity index is 1.71. The number of ether oxygens (including phenoxy) is 1. The summed E-state index contributed by atoms with van der Waals surface area (Å²) < 4.78 is 4.93. The monoisotopic (exact) mass is 501 g/mol. The van der Waals surface area contributed by atoms with Gasteiger partial charge in [-0.05, 0) is 55.2 Å². The number of nitrogens with zero attached hydrogens (tertiary/aromatic N) is 3. The molecule has 194 valence electrons. The smallest absolute Gasteiger partial charge is 0.328 e. The molecule has 1 unspecified atom stereocenters. The van der Waals surface area contributed by atoms with Gasteiger partial charge in [0.15, 0.2) is 0 Å². The molecule has 1 N–H and O–H groups in total. The molecule has 4 rings (SSSR count). The molecular formula is C30H35N3O4. The van der Waals surface area contributed by atoms with Crippen LogP contribution in [0, 0.1) is 12.3 Å². The van der Waals surface area contributed by atoms with Crippen LogP contribution in [0.15, 0.2) is 61.2 Å². The molecular weight excluding hydrogens is 466 g/mol. The van der Waals surface area contributed by atoms with Crippen LogP contribution < -0.4 is 0 Å². The van der Waals surface area contributed by atoms with Crippen LogP contribution in [0.25, 0.3) is 0 Å². The standard InChI is InChI=1S/C30H35N3O4/c1-5-15-31-19-21(3)33(20-25(31)6-2)28(23-11-8-13-26(34)18-23)22-10-7-12-24(17-22)29(35)32-16-9-14-27(32)30(36)37-4/h2,5,7-8,10-13,17-18,21,25,27-28,34H,1,9,14-16,19-20H2,3-4H3/t21-,25+,27-,28?/m0/s1. The number of aromatic hydroxyl groups is 1. The van der Waals surface area contributed by atoms with E-state index in [0.29, 0.717) is 31.6 Å². The molecule has 0 aromatic heterocycles. The third-order valence-corrected chi connectivity index (χ3v) is 7.40. The number of phenols is 1. The number of hydrogen-bond donors (Lipinski definition) is 1. The zero-order chi connectivity index (χ0) is 26.5. The Labute approximate surface area is 219 Å². The summed E-state index contributed by atoms with van der Waals surface area (Å²) in [4.78, 5) is 32.0. The van der Waals surface area contributed by atoms with E-state index in [1.807, 2.05) is 36.4 Å². The first-order valence-electron chi connectivity index (χ1n) is 12.7. The average molecular weight is 502 g/mol. The molecule has 2 saturated heterocycles. The van der Waals surface area contributed by atoms with Gasteiger partial charge < -0.3 is 14.7 Å². The van der Waals surface area contributed by atoms with Gasteiger partial charge in [-0.1, -0.05) is 36.3 Å². The van der Waals surface area contributed by atoms with E-state index >= 15 is 0 Å². The highest BCUT2D eigenvalue weighted by molar-refractivity contribution is 5.97. The largest absolute Gasteiger partial charge is 0.508 e. The molecule has 0 spiro atoms. The first-order valence-corrected chi connectivity index (χ1v) is 12.7. The maximum absolute atomic E-state index is 13.5. The molecule has 0 aliphatic carbocycles. The number of carbonyl (C=O) groups excluding carboxylic acids is 2. The second-order valence-electron chi connectivity index (χ2n) is 9.77. The predicted octanol–water partition coefficient (Wildman–Crippen LogP) is 3.45. The number of rotatable bonds is 7. The van der Waals surface area contributed by atoms with Crippen molar-refractivity contribution in [3.05, 3.63) is 77.9 Å². The molecule has 2 fully saturated rings. The van der Waals surface area contributed by atoms with Gasteiger partial charge in [-0.25, -0.2) is 4.79 Å². The lowest BCUT2D eigenvalue weighted by Gasteiger charge is -2.47. The lowest BCUT2D eigenvalue weighted by molar-refractivity contribution is -0.145. The number of piperazine rings is 1. The van der Waals surface area contributed by atoms with Gasteiger partial charge in [0.25, 0.3) is 5.91 Å². The Morgan fingerprint density at radius 2 is 1.95 bits per heavy atom. The minimum atomic E-state index is -0.558. The molecule has 37 heavy (non-hydrogen) atoms. The molecule has 0 radical (unpaired) electrons. The Kier molecular flexibility index (Phi) is 8.32. The van der Waals surface area contributed by atoms with Crippen molar-refractivity contribution < 1.29 is 19.4 Å². The molecule has 0 saturated carbocycles. The number of methoxy groups -OCH3 is 1. The van der Waals surface area contributed by atoms with Crippen molar-refractivity contribution >= 4 is 11.9 Å². The van der Waals surface area contributed by atoms with Gasteiger partial charge in [-0.2, -0.15) is 0 Å². The van der Waals surface area contributed by atoms with E-state index in [0.717, 1.165) is 24.1 Å². The van der Waals surface area contributed by atoms with Crippen molar-refractivity contribution in [2.75, 3.05) is 33.3 Å². The van der Waals surface area contributed by atoms with Crippen LogP contribution in [0.3, 0.4) is 0 Å². The number of hydrogen-bond acceptors (Lipinski definition) is 6. The summed E-state index contributed by atoms with van der Waals surface area (Å²) in [5, 5.41) is 10.3. The Morgan fingerprint density at radius 3 is 2.62 bits per heavy atom. The van der Waals surface area contributed by atoms with Crippen molar-refractivity contribution in [2.45, 2.75) is 43.9 Å². The van der Waals surface area contributed by atoms with Crippen LogP contribution in [-0.4, -0.2) is 83.1 Å². The molecule has 2 aliphatic rings. The molecule has 7 heteroatoms. The quantitative estimate of drug-likeness (QED) is 0.356. The first-order chi connectivity index (χ1) is 17.9. The van der Waals surface area contributed by atoms with Crippen LogP contribution in [0.5, 0.6) is 5.75 Å². The van der Waals surface area contributed by atoms with Gasteiger partial charge in [0.2, 0.25) is 0 Å². The number of benzene rings is 2. The van der Waals surface area contributed by atoms with Crippen molar-refractivity contribution in [1.29, 1.82) is 0 Å². The van der Waals surface area contributed by atoms with Crippen LogP contribution in [-0.2, 0) is 9.53 Å². The fourth-order valence-corrected chi connectivity index (χ4v) is 5.62. The molecule has 0 bridgehead atoms. The summed E-state index contributed by atoms with van der Waals surface area (Å²) in [5.41, 5.74) is 2.35. The van der Waals surface area contributed by atoms with Gasteiger partial charge in [0.1, 0.15) is 11.8 Å². The molecule has 2 aromatic rings. The van der Waals surface area contributed by atoms with Crippen molar-refractivity contribution in [3.8, 4) is 18.1 Å². The number of esters is 1. The van der Waals surface area contributed by atoms with E-state index in [2.05, 4.69) is 29.2 Å². The second kappa shape index (κ2) is 11.6. The van der Waals surface area contributed by atoms with E-state index in [4.69, 9.17) is 11.2 Å². The van der Waals surface area contributed by atoms with Gasteiger partial charge in [0, 0.05) is 37.8 Å². The summed E-state index contributed by atoms with van der Waals surface area (Å²) in [6.45, 7) is 8.66. The SMILES string of the molecule is C#C[C@@H]1CN(C(c2cccc(O)c2)c2cccc(C(=O)N3CCC[C@H]3C(=O)OC)c2)[C@@H](C)CN1CC=C. The minimum Gasteiger partial charge on any atom is -0.508 e. The normalized spacial score (nSPS) is 23.3. The highest BCUT2D eigenvalue weighted by Gasteiger charge is 2.37. The highest BCUT2D eigenvalue weighted by Crippen LogP contribution is 2.35. The summed E-state index contributed by atoms with van der Waals surface area (Å²) >= 11 is 0. The molecule has 4 atom stereocenters. The van der Waals surface area contributed by atoms with Crippen molar-refractivity contribution in [2.24, 2.45) is 0 Å². The van der Waals surface area contributed by atoms with E-state index in [1.165, 1.54) is 7.11 Å². The van der Waals surface area contributed by atoms with Crippen molar-refractivity contribution in [1.82, 2.24) is 14.7 Å². The zero-order valence-corrected chi connectivity index (χ0v) is 21.5. The molecule has 2 aromatic carbocycles. The Hall–Kier alpha value is -3.60. The third-order valence-electron chi connectivity index (χ3n) is 7.40. The Bertz CT molecular complexity index is 1190. The summed E-state index contributed by atoms with van der Waals surface area (Å²) in [6.07, 6.45) is 9.17. The minimum absolute atomic E-state index is 0.0933. The van der Waals surface area contributed by atoms with E-state index in [9.17, 15) is 14.7 Å². The summed E-state index contributed by atoms with van der Waals surface area (Å²) in [6, 6.07) is 14.1. The molecule has 1 amide bonds. The number of amides is 1. The number of carbonyl (C=O) groups is 2. The lowest BCUT2D eigenvalue weighted by atomic mass is 9.92. The fourth-order valence-electron chi connectivity index (χ4n) is 5.62. The summed E-state index contributed by atoms with van der Waals surface area (Å²) in [5.74, 6) is 2.54. The third kappa shape index (κ3) is 5.56. The Morgan fingerprint density at radius 1 is 1.22 bits per heavy atom. The second-order valence-corrected chi connectivity index (χ2v) is 9.77. The zero-order valence-electron chi connectivity index (χ0n) is 21.5.